The zero-order valence-corrected chi connectivity index (χ0v) is 10.5. The summed E-state index contributed by atoms with van der Waals surface area (Å²) in [7, 11) is 1.63. The summed E-state index contributed by atoms with van der Waals surface area (Å²) >= 11 is 0. The molecule has 17 heavy (non-hydrogen) atoms. The predicted molar refractivity (Wildman–Crippen MR) is 65.8 cm³/mol. The van der Waals surface area contributed by atoms with E-state index in [1.165, 1.54) is 4.90 Å². The SMILES string of the molecule is CN(C(=O)OC(C)(C)C)c1ccc(C#N)cc1. The molecular formula is C13H16N2O2. The van der Waals surface area contributed by atoms with Crippen LogP contribution >= 0.6 is 0 Å². The van der Waals surface area contributed by atoms with E-state index in [4.69, 9.17) is 10.00 Å². The molecule has 1 amide bonds. The van der Waals surface area contributed by atoms with Crippen molar-refractivity contribution in [2.45, 2.75) is 26.4 Å². The number of hydrogen-bond donors (Lipinski definition) is 0. The van der Waals surface area contributed by atoms with Crippen LogP contribution in [0.4, 0.5) is 10.5 Å². The molecule has 0 aromatic heterocycles. The first-order valence-corrected chi connectivity index (χ1v) is 5.30. The summed E-state index contributed by atoms with van der Waals surface area (Å²) in [5.74, 6) is 0. The Bertz CT molecular complexity index is 438. The zero-order chi connectivity index (χ0) is 13.1. The molecule has 0 aliphatic heterocycles. The van der Waals surface area contributed by atoms with Gasteiger partial charge in [0, 0.05) is 12.7 Å². The fraction of sp³-hybridized carbons (Fsp3) is 0.385. The number of carbonyl (C=O) groups is 1. The van der Waals surface area contributed by atoms with E-state index >= 15 is 0 Å². The van der Waals surface area contributed by atoms with Crippen molar-refractivity contribution >= 4 is 11.8 Å². The number of hydrogen-bond acceptors (Lipinski definition) is 3. The molecule has 1 rings (SSSR count). The third-order valence-corrected chi connectivity index (χ3v) is 2.05. The van der Waals surface area contributed by atoms with Gasteiger partial charge in [-0.2, -0.15) is 5.26 Å². The van der Waals surface area contributed by atoms with Crippen molar-refractivity contribution in [2.75, 3.05) is 11.9 Å². The fourth-order valence-corrected chi connectivity index (χ4v) is 1.20. The van der Waals surface area contributed by atoms with Crippen LogP contribution in [-0.4, -0.2) is 18.7 Å². The first kappa shape index (κ1) is 13.0. The van der Waals surface area contributed by atoms with Gasteiger partial charge >= 0.3 is 6.09 Å². The molecule has 0 N–H and O–H groups in total. The summed E-state index contributed by atoms with van der Waals surface area (Å²) in [6, 6.07) is 8.77. The lowest BCUT2D eigenvalue weighted by atomic mass is 10.2. The normalized spacial score (nSPS) is 10.5. The molecule has 0 aliphatic rings. The molecule has 0 atom stereocenters. The third-order valence-electron chi connectivity index (χ3n) is 2.05. The van der Waals surface area contributed by atoms with E-state index in [1.54, 1.807) is 31.3 Å². The van der Waals surface area contributed by atoms with E-state index in [0.29, 0.717) is 11.3 Å². The van der Waals surface area contributed by atoms with Gasteiger partial charge in [-0.25, -0.2) is 4.79 Å². The lowest BCUT2D eigenvalue weighted by Gasteiger charge is -2.24. The van der Waals surface area contributed by atoms with Crippen LogP contribution in [0.3, 0.4) is 0 Å². The minimum atomic E-state index is -0.516. The van der Waals surface area contributed by atoms with Gasteiger partial charge in [-0.05, 0) is 45.0 Å². The number of nitriles is 1. The van der Waals surface area contributed by atoms with Gasteiger partial charge in [0.1, 0.15) is 5.60 Å². The maximum atomic E-state index is 11.8. The van der Waals surface area contributed by atoms with Crippen molar-refractivity contribution in [1.82, 2.24) is 0 Å². The number of benzene rings is 1. The van der Waals surface area contributed by atoms with Gasteiger partial charge in [-0.1, -0.05) is 0 Å². The van der Waals surface area contributed by atoms with Gasteiger partial charge in [-0.3, -0.25) is 4.90 Å². The van der Waals surface area contributed by atoms with Crippen molar-refractivity contribution in [1.29, 1.82) is 5.26 Å². The van der Waals surface area contributed by atoms with Crippen LogP contribution in [0.15, 0.2) is 24.3 Å². The summed E-state index contributed by atoms with van der Waals surface area (Å²) < 4.78 is 5.23. The number of nitrogens with zero attached hydrogens (tertiary/aromatic N) is 2. The van der Waals surface area contributed by atoms with E-state index in [9.17, 15) is 4.79 Å². The minimum absolute atomic E-state index is 0.415. The van der Waals surface area contributed by atoms with E-state index < -0.39 is 11.7 Å². The van der Waals surface area contributed by atoms with E-state index in [-0.39, 0.29) is 0 Å². The highest BCUT2D eigenvalue weighted by molar-refractivity contribution is 5.87. The Labute approximate surface area is 101 Å². The topological polar surface area (TPSA) is 53.3 Å². The summed E-state index contributed by atoms with van der Waals surface area (Å²) in [4.78, 5) is 13.2. The van der Waals surface area contributed by atoms with E-state index in [0.717, 1.165) is 0 Å². The maximum Gasteiger partial charge on any atom is 0.414 e. The second-order valence-corrected chi connectivity index (χ2v) is 4.70. The van der Waals surface area contributed by atoms with Crippen LogP contribution in [0, 0.1) is 11.3 Å². The molecule has 0 saturated carbocycles. The predicted octanol–water partition coefficient (Wildman–Crippen LogP) is 2.93. The summed E-state index contributed by atoms with van der Waals surface area (Å²) in [5.41, 5.74) is 0.738. The number of anilines is 1. The molecule has 0 unspecified atom stereocenters. The zero-order valence-electron chi connectivity index (χ0n) is 10.5. The van der Waals surface area contributed by atoms with Gasteiger partial charge in [-0.15, -0.1) is 0 Å². The van der Waals surface area contributed by atoms with Crippen LogP contribution in [0.2, 0.25) is 0 Å². The molecule has 0 bridgehead atoms. The van der Waals surface area contributed by atoms with E-state index in [2.05, 4.69) is 0 Å². The average Bonchev–Trinajstić information content (AvgIpc) is 2.26. The number of ether oxygens (including phenoxy) is 1. The quantitative estimate of drug-likeness (QED) is 0.748. The molecule has 1 aromatic rings. The molecule has 1 aromatic carbocycles. The molecule has 0 heterocycles. The molecule has 0 saturated heterocycles. The molecule has 0 radical (unpaired) electrons. The summed E-state index contributed by atoms with van der Waals surface area (Å²) in [6.07, 6.45) is -0.415. The highest BCUT2D eigenvalue weighted by Gasteiger charge is 2.20. The average molecular weight is 232 g/mol. The van der Waals surface area contributed by atoms with Crippen LogP contribution in [0.5, 0.6) is 0 Å². The molecule has 4 nitrogen and oxygen atoms in total. The lowest BCUT2D eigenvalue weighted by Crippen LogP contribution is -2.34. The Hall–Kier alpha value is -2.02. The fourth-order valence-electron chi connectivity index (χ4n) is 1.20. The van der Waals surface area contributed by atoms with Crippen molar-refractivity contribution in [2.24, 2.45) is 0 Å². The van der Waals surface area contributed by atoms with Crippen molar-refractivity contribution < 1.29 is 9.53 Å². The lowest BCUT2D eigenvalue weighted by molar-refractivity contribution is 0.0589. The van der Waals surface area contributed by atoms with Gasteiger partial charge in [0.05, 0.1) is 11.6 Å². The van der Waals surface area contributed by atoms with Crippen molar-refractivity contribution in [3.8, 4) is 6.07 Å². The largest absolute Gasteiger partial charge is 0.443 e. The maximum absolute atomic E-state index is 11.8. The smallest absolute Gasteiger partial charge is 0.414 e. The Kier molecular flexibility index (Phi) is 3.74. The first-order valence-electron chi connectivity index (χ1n) is 5.30. The molecule has 0 fully saturated rings. The van der Waals surface area contributed by atoms with E-state index in [1.807, 2.05) is 26.8 Å². The van der Waals surface area contributed by atoms with Gasteiger partial charge in [0.25, 0.3) is 0 Å². The Balaban J connectivity index is 2.79. The monoisotopic (exact) mass is 232 g/mol. The molecule has 0 aliphatic carbocycles. The van der Waals surface area contributed by atoms with Crippen molar-refractivity contribution in [3.05, 3.63) is 29.8 Å². The molecule has 90 valence electrons. The number of amides is 1. The van der Waals surface area contributed by atoms with Gasteiger partial charge in [0.2, 0.25) is 0 Å². The molecule has 4 heteroatoms. The van der Waals surface area contributed by atoms with Gasteiger partial charge < -0.3 is 4.74 Å². The Morgan fingerprint density at radius 2 is 1.82 bits per heavy atom. The van der Waals surface area contributed by atoms with Crippen LogP contribution in [0.25, 0.3) is 0 Å². The minimum Gasteiger partial charge on any atom is -0.443 e. The van der Waals surface area contributed by atoms with Gasteiger partial charge in [0.15, 0.2) is 0 Å². The Morgan fingerprint density at radius 3 is 2.24 bits per heavy atom. The highest BCUT2D eigenvalue weighted by Crippen LogP contribution is 2.17. The highest BCUT2D eigenvalue weighted by atomic mass is 16.6. The summed E-state index contributed by atoms with van der Waals surface area (Å²) in [5, 5.41) is 8.67. The van der Waals surface area contributed by atoms with Crippen molar-refractivity contribution in [3.63, 3.8) is 0 Å². The third kappa shape index (κ3) is 3.80. The Morgan fingerprint density at radius 1 is 1.29 bits per heavy atom. The molecular weight excluding hydrogens is 216 g/mol. The van der Waals surface area contributed by atoms with Crippen LogP contribution in [-0.2, 0) is 4.74 Å². The second-order valence-electron chi connectivity index (χ2n) is 4.70. The number of carbonyl (C=O) groups excluding carboxylic acids is 1. The number of rotatable bonds is 1. The standard InChI is InChI=1S/C13H16N2O2/c1-13(2,3)17-12(16)15(4)11-7-5-10(9-14)6-8-11/h5-8H,1-4H3. The van der Waals surface area contributed by atoms with Crippen LogP contribution < -0.4 is 4.90 Å². The second kappa shape index (κ2) is 4.88. The molecule has 0 spiro atoms. The van der Waals surface area contributed by atoms with Crippen LogP contribution in [0.1, 0.15) is 26.3 Å². The summed E-state index contributed by atoms with van der Waals surface area (Å²) in [6.45, 7) is 5.45. The first-order chi connectivity index (χ1) is 7.83.